The smallest absolute Gasteiger partial charge is 0.310 e. The van der Waals surface area contributed by atoms with Crippen LogP contribution in [0.3, 0.4) is 0 Å². The highest BCUT2D eigenvalue weighted by atomic mass is 16.6. The van der Waals surface area contributed by atoms with Gasteiger partial charge in [-0.15, -0.1) is 0 Å². The maximum absolute atomic E-state index is 16.4. The van der Waals surface area contributed by atoms with Gasteiger partial charge in [0.15, 0.2) is 0 Å². The van der Waals surface area contributed by atoms with Gasteiger partial charge in [-0.2, -0.15) is 0 Å². The molecule has 4 saturated heterocycles. The topological polar surface area (TPSA) is 118 Å². The lowest BCUT2D eigenvalue weighted by atomic mass is 9.66. The summed E-state index contributed by atoms with van der Waals surface area (Å²) >= 11 is 0. The van der Waals surface area contributed by atoms with Gasteiger partial charge in [0.2, 0.25) is 0 Å². The molecule has 8 aliphatic rings. The number of likely N-dealkylation sites (tertiary alicyclic amines) is 4. The van der Waals surface area contributed by atoms with Crippen LogP contribution in [0.1, 0.15) is 303 Å². The molecule has 10 unspecified atom stereocenters. The lowest BCUT2D eigenvalue weighted by Gasteiger charge is -2.58. The van der Waals surface area contributed by atoms with E-state index in [2.05, 4.69) is 159 Å². The Labute approximate surface area is 538 Å². The molecule has 0 amide bonds. The third-order valence-corrected chi connectivity index (χ3v) is 27.5. The normalized spacial score (nSPS) is 34.0. The number of hydrogen-bond acceptors (Lipinski definition) is 12. The van der Waals surface area contributed by atoms with Gasteiger partial charge in [-0.25, -0.2) is 0 Å². The molecule has 506 valence electrons. The minimum atomic E-state index is -1.37. The molecule has 4 saturated carbocycles. The van der Waals surface area contributed by atoms with Crippen LogP contribution in [0.4, 0.5) is 0 Å². The second-order valence-electron chi connectivity index (χ2n) is 35.9. The summed E-state index contributed by atoms with van der Waals surface area (Å²) in [5.41, 5.74) is -2.52. The van der Waals surface area contributed by atoms with Crippen molar-refractivity contribution in [2.75, 3.05) is 28.2 Å². The van der Waals surface area contributed by atoms with E-state index in [1.165, 1.54) is 103 Å². The molecule has 0 bridgehead atoms. The van der Waals surface area contributed by atoms with Crippen LogP contribution in [-0.4, -0.2) is 140 Å². The van der Waals surface area contributed by atoms with Crippen LogP contribution >= 0.6 is 0 Å². The van der Waals surface area contributed by atoms with Crippen molar-refractivity contribution in [3.05, 3.63) is 0 Å². The van der Waals surface area contributed by atoms with Crippen molar-refractivity contribution in [1.82, 2.24) is 19.6 Å². The third-order valence-electron chi connectivity index (χ3n) is 27.5. The standard InChI is InChI=1S/C76H134N4O8/c1-69(2)47-61(57(73(9,10)77(69)17)41-51-33-25-21-26-34-51)85-65(81)45-55(67(83)87-63-49-71(5,6)79(19)75(13,14)59(63)43-53-37-29-23-30-38-53)56(68(84)88-64-50-72(7,8)80(20)76(15,16)60(64)44-54-39-31-24-32-40-54)46-66(82)86-62-48-70(3,4)78(18)74(11,12)58(62)42-52-35-27-22-28-36-52/h51-64H,21-50H2,1-20H3. The largest absolute Gasteiger partial charge is 0.462 e. The average molecular weight is 1230 g/mol. The molecule has 0 aromatic rings. The predicted octanol–water partition coefficient (Wildman–Crippen LogP) is 16.6. The Hall–Kier alpha value is -2.28. The van der Waals surface area contributed by atoms with Crippen molar-refractivity contribution in [1.29, 1.82) is 0 Å². The van der Waals surface area contributed by atoms with Gasteiger partial charge in [0.05, 0.1) is 24.7 Å². The van der Waals surface area contributed by atoms with Gasteiger partial charge in [0.25, 0.3) is 0 Å². The fourth-order valence-corrected chi connectivity index (χ4v) is 20.5. The Bertz CT molecular complexity index is 2170. The molecule has 4 heterocycles. The molecule has 0 spiro atoms. The summed E-state index contributed by atoms with van der Waals surface area (Å²) in [5, 5.41) is 0. The Morgan fingerprint density at radius 1 is 0.318 bits per heavy atom. The lowest BCUT2D eigenvalue weighted by Crippen LogP contribution is -2.66. The molecule has 4 aliphatic carbocycles. The van der Waals surface area contributed by atoms with E-state index in [1.54, 1.807) is 0 Å². The van der Waals surface area contributed by atoms with E-state index >= 15 is 19.2 Å². The Balaban J connectivity index is 1.22. The molecule has 8 fully saturated rings. The van der Waals surface area contributed by atoms with Gasteiger partial charge in [-0.1, -0.05) is 128 Å². The SMILES string of the molecule is CN1C(C)(C)CC(OC(=O)CC(C(=O)OC2CC(C)(C)N(C)C(C)(C)C2CC2CCCCC2)C(CC(=O)OC2CC(C)(C)N(C)C(C)(C)C2CC2CCCCC2)C(=O)OC2CC(C)(C)N(C)C(C)(C)C2CC2CCCCC2)C(CC2CCCCC2)C1(C)C. The number of ether oxygens (including phenoxy) is 4. The second-order valence-corrected chi connectivity index (χ2v) is 35.9. The maximum Gasteiger partial charge on any atom is 0.310 e. The number of carbonyl (C=O) groups excluding carboxylic acids is 4. The summed E-state index contributed by atoms with van der Waals surface area (Å²) in [6, 6.07) is 0. The minimum Gasteiger partial charge on any atom is -0.462 e. The van der Waals surface area contributed by atoms with E-state index in [4.69, 9.17) is 18.9 Å². The number of rotatable bonds is 19. The maximum atomic E-state index is 16.4. The van der Waals surface area contributed by atoms with Gasteiger partial charge in [0, 0.05) is 93.7 Å². The zero-order chi connectivity index (χ0) is 64.7. The summed E-state index contributed by atoms with van der Waals surface area (Å²) in [6.45, 7) is 36.5. The first-order chi connectivity index (χ1) is 40.9. The molecule has 0 N–H and O–H groups in total. The molecule has 4 aliphatic heterocycles. The van der Waals surface area contributed by atoms with Crippen LogP contribution < -0.4 is 0 Å². The summed E-state index contributed by atoms with van der Waals surface area (Å²) in [6.07, 6.45) is 27.8. The van der Waals surface area contributed by atoms with Crippen LogP contribution in [0.15, 0.2) is 0 Å². The van der Waals surface area contributed by atoms with Crippen molar-refractivity contribution >= 4 is 23.9 Å². The number of carbonyl (C=O) groups is 4. The summed E-state index contributed by atoms with van der Waals surface area (Å²) in [5.74, 6) is -2.79. The van der Waals surface area contributed by atoms with Crippen LogP contribution in [0.5, 0.6) is 0 Å². The van der Waals surface area contributed by atoms with Crippen molar-refractivity contribution < 1.29 is 38.1 Å². The van der Waals surface area contributed by atoms with Gasteiger partial charge in [-0.3, -0.25) is 38.8 Å². The van der Waals surface area contributed by atoms with Crippen molar-refractivity contribution in [3.8, 4) is 0 Å². The Morgan fingerprint density at radius 3 is 0.716 bits per heavy atom. The first kappa shape index (κ1) is 71.6. The van der Waals surface area contributed by atoms with Crippen molar-refractivity contribution in [3.63, 3.8) is 0 Å². The highest BCUT2D eigenvalue weighted by Crippen LogP contribution is 2.52. The molecule has 12 heteroatoms. The zero-order valence-electron chi connectivity index (χ0n) is 60.4. The zero-order valence-corrected chi connectivity index (χ0v) is 60.4. The van der Waals surface area contributed by atoms with Gasteiger partial charge in [0.1, 0.15) is 24.4 Å². The molecular formula is C76H134N4O8. The molecule has 12 nitrogen and oxygen atoms in total. The van der Waals surface area contributed by atoms with Crippen molar-refractivity contribution in [2.45, 2.75) is 372 Å². The Kier molecular flexibility index (Phi) is 22.7. The highest BCUT2D eigenvalue weighted by molar-refractivity contribution is 5.89. The van der Waals surface area contributed by atoms with Gasteiger partial charge >= 0.3 is 23.9 Å². The van der Waals surface area contributed by atoms with Crippen LogP contribution in [0.2, 0.25) is 0 Å². The van der Waals surface area contributed by atoms with E-state index in [0.29, 0.717) is 49.4 Å². The Morgan fingerprint density at radius 2 is 0.511 bits per heavy atom. The second kappa shape index (κ2) is 28.0. The van der Waals surface area contributed by atoms with E-state index in [1.807, 2.05) is 0 Å². The molecule has 0 aromatic carbocycles. The van der Waals surface area contributed by atoms with Crippen LogP contribution in [0.25, 0.3) is 0 Å². The van der Waals surface area contributed by atoms with E-state index < -0.39 is 73.0 Å². The number of esters is 4. The van der Waals surface area contributed by atoms with Crippen LogP contribution in [0, 0.1) is 59.2 Å². The molecule has 88 heavy (non-hydrogen) atoms. The fraction of sp³-hybridized carbons (Fsp3) is 0.947. The van der Waals surface area contributed by atoms with Gasteiger partial charge in [-0.05, 0) is 188 Å². The van der Waals surface area contributed by atoms with Crippen molar-refractivity contribution in [2.24, 2.45) is 59.2 Å². The highest BCUT2D eigenvalue weighted by Gasteiger charge is 2.58. The third kappa shape index (κ3) is 15.9. The fourth-order valence-electron chi connectivity index (χ4n) is 20.5. The quantitative estimate of drug-likeness (QED) is 0.0905. The first-order valence-corrected chi connectivity index (χ1v) is 36.7. The molecular weight excluding hydrogens is 1100 g/mol. The van der Waals surface area contributed by atoms with Crippen LogP contribution in [-0.2, 0) is 38.1 Å². The van der Waals surface area contributed by atoms with E-state index in [9.17, 15) is 0 Å². The first-order valence-electron chi connectivity index (χ1n) is 36.7. The predicted molar refractivity (Wildman–Crippen MR) is 357 cm³/mol. The average Bonchev–Trinajstić information content (AvgIpc) is 0.808. The summed E-state index contributed by atoms with van der Waals surface area (Å²) < 4.78 is 28.4. The monoisotopic (exact) mass is 1230 g/mol. The van der Waals surface area contributed by atoms with E-state index in [0.717, 1.165) is 51.4 Å². The number of nitrogens with zero attached hydrogens (tertiary/aromatic N) is 4. The molecule has 0 radical (unpaired) electrons. The van der Waals surface area contributed by atoms with E-state index in [-0.39, 0.29) is 68.0 Å². The molecule has 10 atom stereocenters. The summed E-state index contributed by atoms with van der Waals surface area (Å²) in [7, 11) is 8.88. The number of hydrogen-bond donors (Lipinski definition) is 0. The number of piperidine rings is 4. The lowest BCUT2D eigenvalue weighted by molar-refractivity contribution is -0.194. The molecule has 8 rings (SSSR count). The minimum absolute atomic E-state index is 0.00810. The van der Waals surface area contributed by atoms with Gasteiger partial charge < -0.3 is 18.9 Å². The molecule has 0 aromatic heterocycles. The summed E-state index contributed by atoms with van der Waals surface area (Å²) in [4.78, 5) is 74.2.